The van der Waals surface area contributed by atoms with Gasteiger partial charge in [0, 0.05) is 43.5 Å². The molecule has 0 N–H and O–H groups in total. The van der Waals surface area contributed by atoms with Crippen LogP contribution in [-0.4, -0.2) is 50.2 Å². The summed E-state index contributed by atoms with van der Waals surface area (Å²) in [6.07, 6.45) is 0. The molecule has 25 heavy (non-hydrogen) atoms. The zero-order chi connectivity index (χ0) is 17.2. The lowest BCUT2D eigenvalue weighted by molar-refractivity contribution is 0.0746. The Morgan fingerprint density at radius 2 is 1.68 bits per heavy atom. The second kappa shape index (κ2) is 6.63. The molecule has 5 nitrogen and oxygen atoms in total. The molecule has 4 rings (SSSR count). The van der Waals surface area contributed by atoms with Crippen LogP contribution in [0, 0.1) is 5.82 Å². The van der Waals surface area contributed by atoms with Crippen molar-refractivity contribution in [2.75, 3.05) is 44.3 Å². The van der Waals surface area contributed by atoms with Gasteiger partial charge in [-0.2, -0.15) is 0 Å². The maximum absolute atomic E-state index is 13.3. The molecule has 0 bridgehead atoms. The molecule has 130 valence electrons. The van der Waals surface area contributed by atoms with Crippen LogP contribution in [0.5, 0.6) is 11.5 Å². The maximum atomic E-state index is 13.3. The number of ether oxygens (including phenoxy) is 2. The molecule has 0 saturated carbocycles. The van der Waals surface area contributed by atoms with Crippen molar-refractivity contribution in [3.8, 4) is 11.5 Å². The number of benzene rings is 2. The summed E-state index contributed by atoms with van der Waals surface area (Å²) in [5.74, 6) is 1.03. The number of rotatable bonds is 2. The molecule has 2 aliphatic rings. The number of hydrogen-bond acceptors (Lipinski definition) is 4. The predicted octanol–water partition coefficient (Wildman–Crippen LogP) is 2.56. The fourth-order valence-corrected chi connectivity index (χ4v) is 3.20. The smallest absolute Gasteiger partial charge is 0.254 e. The van der Waals surface area contributed by atoms with Crippen LogP contribution >= 0.6 is 0 Å². The van der Waals surface area contributed by atoms with Gasteiger partial charge < -0.3 is 19.3 Å². The van der Waals surface area contributed by atoms with Gasteiger partial charge in [0.25, 0.3) is 5.91 Å². The monoisotopic (exact) mass is 342 g/mol. The molecular formula is C19H19FN2O3. The number of carbonyl (C=O) groups excluding carboxylic acids is 1. The molecule has 2 heterocycles. The first-order valence-corrected chi connectivity index (χ1v) is 8.40. The molecular weight excluding hydrogens is 323 g/mol. The van der Waals surface area contributed by atoms with Crippen molar-refractivity contribution in [2.45, 2.75) is 0 Å². The van der Waals surface area contributed by atoms with Crippen molar-refractivity contribution >= 4 is 11.6 Å². The third-order valence-corrected chi connectivity index (χ3v) is 4.53. The lowest BCUT2D eigenvalue weighted by Gasteiger charge is -2.36. The Kier molecular flexibility index (Phi) is 4.17. The van der Waals surface area contributed by atoms with E-state index >= 15 is 0 Å². The van der Waals surface area contributed by atoms with Gasteiger partial charge in [0.2, 0.25) is 0 Å². The van der Waals surface area contributed by atoms with Crippen LogP contribution in [0.15, 0.2) is 42.5 Å². The van der Waals surface area contributed by atoms with E-state index in [1.54, 1.807) is 17.0 Å². The van der Waals surface area contributed by atoms with Crippen molar-refractivity contribution in [1.29, 1.82) is 0 Å². The van der Waals surface area contributed by atoms with Crippen LogP contribution in [0.1, 0.15) is 10.4 Å². The number of fused-ring (bicyclic) bond motifs is 1. The molecule has 2 aliphatic heterocycles. The average molecular weight is 342 g/mol. The Hall–Kier alpha value is -2.76. The number of piperazine rings is 1. The van der Waals surface area contributed by atoms with Gasteiger partial charge in [-0.05, 0) is 30.3 Å². The molecule has 1 fully saturated rings. The number of carbonyl (C=O) groups is 1. The summed E-state index contributed by atoms with van der Waals surface area (Å²) in [5, 5.41) is 0. The van der Waals surface area contributed by atoms with E-state index in [1.807, 2.05) is 18.2 Å². The molecule has 0 spiro atoms. The van der Waals surface area contributed by atoms with E-state index in [1.165, 1.54) is 12.1 Å². The van der Waals surface area contributed by atoms with Gasteiger partial charge in [-0.25, -0.2) is 4.39 Å². The molecule has 0 aliphatic carbocycles. The summed E-state index contributed by atoms with van der Waals surface area (Å²) in [6.45, 7) is 3.79. The second-order valence-corrected chi connectivity index (χ2v) is 6.12. The van der Waals surface area contributed by atoms with E-state index in [0.717, 1.165) is 30.3 Å². The average Bonchev–Trinajstić information content (AvgIpc) is 2.67. The van der Waals surface area contributed by atoms with E-state index in [4.69, 9.17) is 9.47 Å². The minimum absolute atomic E-state index is 0.124. The van der Waals surface area contributed by atoms with E-state index < -0.39 is 0 Å². The fourth-order valence-electron chi connectivity index (χ4n) is 3.20. The van der Waals surface area contributed by atoms with Gasteiger partial charge in [-0.3, -0.25) is 4.79 Å². The molecule has 2 aromatic carbocycles. The largest absolute Gasteiger partial charge is 0.486 e. The third kappa shape index (κ3) is 3.24. The Balaban J connectivity index is 1.42. The molecule has 1 amide bonds. The molecule has 1 saturated heterocycles. The molecule has 6 heteroatoms. The van der Waals surface area contributed by atoms with Gasteiger partial charge in [-0.15, -0.1) is 0 Å². The van der Waals surface area contributed by atoms with Crippen LogP contribution in [0.4, 0.5) is 10.1 Å². The van der Waals surface area contributed by atoms with Crippen molar-refractivity contribution in [3.63, 3.8) is 0 Å². The highest BCUT2D eigenvalue weighted by Gasteiger charge is 2.23. The third-order valence-electron chi connectivity index (χ3n) is 4.53. The van der Waals surface area contributed by atoms with Crippen LogP contribution in [0.2, 0.25) is 0 Å². The first-order valence-electron chi connectivity index (χ1n) is 8.40. The van der Waals surface area contributed by atoms with Gasteiger partial charge in [0.1, 0.15) is 19.0 Å². The van der Waals surface area contributed by atoms with Gasteiger partial charge >= 0.3 is 0 Å². The zero-order valence-corrected chi connectivity index (χ0v) is 13.8. The first-order chi connectivity index (χ1) is 12.2. The lowest BCUT2D eigenvalue weighted by atomic mass is 10.1. The molecule has 0 atom stereocenters. The van der Waals surface area contributed by atoms with E-state index in [0.29, 0.717) is 31.9 Å². The predicted molar refractivity (Wildman–Crippen MR) is 91.9 cm³/mol. The number of amides is 1. The summed E-state index contributed by atoms with van der Waals surface area (Å²) in [5.41, 5.74) is 1.45. The van der Waals surface area contributed by atoms with Crippen LogP contribution in [0.25, 0.3) is 0 Å². The quantitative estimate of drug-likeness (QED) is 0.841. The number of nitrogens with zero attached hydrogens (tertiary/aromatic N) is 2. The summed E-state index contributed by atoms with van der Waals surface area (Å²) < 4.78 is 24.5. The number of halogens is 1. The fraction of sp³-hybridized carbons (Fsp3) is 0.316. The SMILES string of the molecule is O=C(c1cccc(F)c1)N1CCN(c2ccc3c(c2)OCCO3)CC1. The Morgan fingerprint density at radius 3 is 2.44 bits per heavy atom. The van der Waals surface area contributed by atoms with Gasteiger partial charge in [0.05, 0.1) is 0 Å². The van der Waals surface area contributed by atoms with Crippen molar-refractivity contribution in [2.24, 2.45) is 0 Å². The van der Waals surface area contributed by atoms with E-state index in [9.17, 15) is 9.18 Å². The van der Waals surface area contributed by atoms with Crippen molar-refractivity contribution in [1.82, 2.24) is 4.90 Å². The van der Waals surface area contributed by atoms with Crippen LogP contribution < -0.4 is 14.4 Å². The minimum atomic E-state index is -0.388. The molecule has 0 radical (unpaired) electrons. The summed E-state index contributed by atoms with van der Waals surface area (Å²) in [4.78, 5) is 16.5. The Labute approximate surface area is 145 Å². The minimum Gasteiger partial charge on any atom is -0.486 e. The lowest BCUT2D eigenvalue weighted by Crippen LogP contribution is -2.48. The number of hydrogen-bond donors (Lipinski definition) is 0. The summed E-state index contributed by atoms with van der Waals surface area (Å²) >= 11 is 0. The summed E-state index contributed by atoms with van der Waals surface area (Å²) in [7, 11) is 0. The maximum Gasteiger partial charge on any atom is 0.254 e. The van der Waals surface area contributed by atoms with E-state index in [-0.39, 0.29) is 11.7 Å². The second-order valence-electron chi connectivity index (χ2n) is 6.12. The van der Waals surface area contributed by atoms with Crippen LogP contribution in [-0.2, 0) is 0 Å². The highest BCUT2D eigenvalue weighted by molar-refractivity contribution is 5.94. The van der Waals surface area contributed by atoms with Gasteiger partial charge in [-0.1, -0.05) is 6.07 Å². The highest BCUT2D eigenvalue weighted by atomic mass is 19.1. The Bertz CT molecular complexity index is 788. The summed E-state index contributed by atoms with van der Waals surface area (Å²) in [6, 6.07) is 11.8. The highest BCUT2D eigenvalue weighted by Crippen LogP contribution is 2.34. The Morgan fingerprint density at radius 1 is 0.920 bits per heavy atom. The van der Waals surface area contributed by atoms with Crippen molar-refractivity contribution < 1.29 is 18.7 Å². The van der Waals surface area contributed by atoms with Crippen LogP contribution in [0.3, 0.4) is 0 Å². The molecule has 0 unspecified atom stereocenters. The normalized spacial score (nSPS) is 16.7. The van der Waals surface area contributed by atoms with Crippen molar-refractivity contribution in [3.05, 3.63) is 53.8 Å². The molecule has 0 aromatic heterocycles. The first kappa shape index (κ1) is 15.7. The molecule has 2 aromatic rings. The van der Waals surface area contributed by atoms with E-state index in [2.05, 4.69) is 4.90 Å². The zero-order valence-electron chi connectivity index (χ0n) is 13.8. The standard InChI is InChI=1S/C19H19FN2O3/c20-15-3-1-2-14(12-15)19(23)22-8-6-21(7-9-22)16-4-5-17-18(13-16)25-11-10-24-17/h1-5,12-13H,6-11H2. The number of anilines is 1. The topological polar surface area (TPSA) is 42.0 Å². The van der Waals surface area contributed by atoms with Gasteiger partial charge in [0.15, 0.2) is 11.5 Å².